The fourth-order valence-corrected chi connectivity index (χ4v) is 2.78. The highest BCUT2D eigenvalue weighted by atomic mass is 16.5. The summed E-state index contributed by atoms with van der Waals surface area (Å²) in [6, 6.07) is 16.2. The van der Waals surface area contributed by atoms with Crippen molar-refractivity contribution in [2.75, 3.05) is 12.6 Å². The van der Waals surface area contributed by atoms with Crippen molar-refractivity contribution in [3.05, 3.63) is 82.3 Å². The summed E-state index contributed by atoms with van der Waals surface area (Å²) >= 11 is 0. The van der Waals surface area contributed by atoms with Crippen molar-refractivity contribution in [2.24, 2.45) is 0 Å². The molecule has 6 nitrogen and oxygen atoms in total. The van der Waals surface area contributed by atoms with Crippen LogP contribution in [-0.4, -0.2) is 23.1 Å². The number of ether oxygens (including phenoxy) is 1. The molecule has 0 bridgehead atoms. The Morgan fingerprint density at radius 3 is 2.73 bits per heavy atom. The largest absolute Gasteiger partial charge is 0.496 e. The molecule has 0 amide bonds. The molecule has 0 unspecified atom stereocenters. The van der Waals surface area contributed by atoms with Crippen molar-refractivity contribution < 1.29 is 9.94 Å². The number of nitrogens with zero attached hydrogens (tertiary/aromatic N) is 1. The lowest BCUT2D eigenvalue weighted by atomic mass is 10.0. The highest BCUT2D eigenvalue weighted by molar-refractivity contribution is 5.76. The smallest absolute Gasteiger partial charge is 0.251 e. The third-order valence-corrected chi connectivity index (χ3v) is 4.11. The van der Waals surface area contributed by atoms with Crippen LogP contribution in [0.5, 0.6) is 5.75 Å². The maximum Gasteiger partial charge on any atom is 0.251 e. The minimum atomic E-state index is -0.158. The number of anilines is 1. The van der Waals surface area contributed by atoms with Gasteiger partial charge in [-0.3, -0.25) is 15.5 Å². The fourth-order valence-electron chi connectivity index (χ4n) is 2.78. The van der Waals surface area contributed by atoms with Gasteiger partial charge in [0.15, 0.2) is 0 Å². The molecule has 26 heavy (non-hydrogen) atoms. The summed E-state index contributed by atoms with van der Waals surface area (Å²) in [5.74, 6) is 0.704. The molecular formula is C20H19N3O3. The van der Waals surface area contributed by atoms with Gasteiger partial charge >= 0.3 is 0 Å². The molecule has 0 spiro atoms. The van der Waals surface area contributed by atoms with Crippen LogP contribution >= 0.6 is 0 Å². The van der Waals surface area contributed by atoms with Gasteiger partial charge in [0.2, 0.25) is 0 Å². The van der Waals surface area contributed by atoms with Crippen LogP contribution in [0.25, 0.3) is 11.1 Å². The van der Waals surface area contributed by atoms with E-state index in [9.17, 15) is 4.79 Å². The highest BCUT2D eigenvalue weighted by Gasteiger charge is 2.09. The van der Waals surface area contributed by atoms with Crippen molar-refractivity contribution in [1.29, 1.82) is 5.41 Å². The second kappa shape index (κ2) is 7.67. The lowest BCUT2D eigenvalue weighted by Gasteiger charge is -2.13. The van der Waals surface area contributed by atoms with Gasteiger partial charge in [-0.2, -0.15) is 0 Å². The van der Waals surface area contributed by atoms with Crippen LogP contribution in [0.4, 0.5) is 5.69 Å². The number of nitrogens with one attached hydrogen (secondary N) is 2. The zero-order valence-corrected chi connectivity index (χ0v) is 14.3. The predicted octanol–water partition coefficient (Wildman–Crippen LogP) is 3.37. The molecule has 0 aliphatic heterocycles. The van der Waals surface area contributed by atoms with Gasteiger partial charge in [0, 0.05) is 24.0 Å². The molecule has 3 rings (SSSR count). The van der Waals surface area contributed by atoms with Crippen LogP contribution in [0, 0.1) is 5.41 Å². The van der Waals surface area contributed by atoms with Crippen LogP contribution in [0.2, 0.25) is 0 Å². The topological polar surface area (TPSA) is 87.3 Å². The van der Waals surface area contributed by atoms with Crippen LogP contribution in [-0.2, 0) is 6.54 Å². The summed E-state index contributed by atoms with van der Waals surface area (Å²) in [7, 11) is 1.60. The van der Waals surface area contributed by atoms with Gasteiger partial charge in [-0.05, 0) is 47.0 Å². The molecule has 1 heterocycles. The van der Waals surface area contributed by atoms with Crippen molar-refractivity contribution in [3.63, 3.8) is 0 Å². The number of rotatable bonds is 6. The van der Waals surface area contributed by atoms with E-state index in [4.69, 9.17) is 15.4 Å². The lowest BCUT2D eigenvalue weighted by molar-refractivity contribution is 0.389. The Morgan fingerprint density at radius 1 is 1.19 bits per heavy atom. The zero-order valence-electron chi connectivity index (χ0n) is 14.3. The van der Waals surface area contributed by atoms with E-state index >= 15 is 0 Å². The quantitative estimate of drug-likeness (QED) is 0.470. The van der Waals surface area contributed by atoms with Gasteiger partial charge < -0.3 is 14.7 Å². The molecule has 6 heteroatoms. The van der Waals surface area contributed by atoms with Gasteiger partial charge in [0.1, 0.15) is 5.75 Å². The van der Waals surface area contributed by atoms with E-state index in [0.29, 0.717) is 23.5 Å². The van der Waals surface area contributed by atoms with Gasteiger partial charge in [-0.15, -0.1) is 0 Å². The molecule has 0 saturated heterocycles. The molecule has 0 radical (unpaired) electrons. The summed E-state index contributed by atoms with van der Waals surface area (Å²) in [6.45, 7) is 0.409. The maximum atomic E-state index is 12.2. The van der Waals surface area contributed by atoms with E-state index < -0.39 is 0 Å². The first-order chi connectivity index (χ1) is 12.6. The first-order valence-corrected chi connectivity index (χ1v) is 8.03. The molecule has 1 aromatic heterocycles. The van der Waals surface area contributed by atoms with E-state index in [1.54, 1.807) is 30.0 Å². The predicted molar refractivity (Wildman–Crippen MR) is 102 cm³/mol. The van der Waals surface area contributed by atoms with Gasteiger partial charge in [-0.1, -0.05) is 18.2 Å². The van der Waals surface area contributed by atoms with Crippen LogP contribution in [0.15, 0.2) is 65.6 Å². The van der Waals surface area contributed by atoms with Gasteiger partial charge in [0.05, 0.1) is 19.3 Å². The Morgan fingerprint density at radius 2 is 2.04 bits per heavy atom. The number of methoxy groups -OCH3 is 1. The number of benzene rings is 2. The summed E-state index contributed by atoms with van der Waals surface area (Å²) < 4.78 is 7.04. The van der Waals surface area contributed by atoms with E-state index in [1.165, 1.54) is 6.07 Å². The average molecular weight is 349 g/mol. The Bertz CT molecular complexity index is 996. The number of hydrogen-bond donors (Lipinski definition) is 3. The van der Waals surface area contributed by atoms with Gasteiger partial charge in [-0.25, -0.2) is 0 Å². The number of hydrogen-bond acceptors (Lipinski definition) is 5. The van der Waals surface area contributed by atoms with E-state index in [1.807, 2.05) is 36.4 Å². The first kappa shape index (κ1) is 17.4. The molecule has 2 aromatic carbocycles. The zero-order chi connectivity index (χ0) is 18.5. The van der Waals surface area contributed by atoms with Crippen LogP contribution in [0.3, 0.4) is 0 Å². The monoisotopic (exact) mass is 349 g/mol. The Kier molecular flexibility index (Phi) is 5.15. The van der Waals surface area contributed by atoms with Crippen LogP contribution < -0.4 is 15.8 Å². The van der Waals surface area contributed by atoms with E-state index in [0.717, 1.165) is 22.9 Å². The third-order valence-electron chi connectivity index (χ3n) is 4.11. The molecule has 0 atom stereocenters. The second-order valence-electron chi connectivity index (χ2n) is 5.80. The Hall–Kier alpha value is -3.38. The molecular weight excluding hydrogens is 330 g/mol. The van der Waals surface area contributed by atoms with Crippen molar-refractivity contribution in [1.82, 2.24) is 4.57 Å². The Balaban J connectivity index is 1.99. The summed E-state index contributed by atoms with van der Waals surface area (Å²) in [4.78, 5) is 12.2. The average Bonchev–Trinajstić information content (AvgIpc) is 2.69. The number of pyridine rings is 1. The van der Waals surface area contributed by atoms with E-state index in [2.05, 4.69) is 5.48 Å². The molecule has 3 aromatic rings. The molecule has 132 valence electrons. The minimum absolute atomic E-state index is 0.158. The van der Waals surface area contributed by atoms with Crippen molar-refractivity contribution in [3.8, 4) is 16.9 Å². The Labute approximate surface area is 150 Å². The summed E-state index contributed by atoms with van der Waals surface area (Å²) in [6.07, 6.45) is 2.84. The standard InChI is InChI=1S/C20H19N3O3/c1-26-19-6-5-15(13-23-8-7-14(12-21)10-20(23)24)9-18(19)16-3-2-4-17(11-16)22-25/h2-12,21-22,25H,13H2,1H3. The van der Waals surface area contributed by atoms with Gasteiger partial charge in [0.25, 0.3) is 5.56 Å². The normalized spacial score (nSPS) is 10.4. The second-order valence-corrected chi connectivity index (χ2v) is 5.80. The molecule has 0 aliphatic carbocycles. The molecule has 3 N–H and O–H groups in total. The molecule has 0 aliphatic rings. The SMILES string of the molecule is COc1ccc(Cn2ccc(C=N)cc2=O)cc1-c1cccc(NO)c1. The first-order valence-electron chi connectivity index (χ1n) is 8.03. The van der Waals surface area contributed by atoms with E-state index in [-0.39, 0.29) is 5.56 Å². The maximum absolute atomic E-state index is 12.2. The van der Waals surface area contributed by atoms with Crippen LogP contribution in [0.1, 0.15) is 11.1 Å². The minimum Gasteiger partial charge on any atom is -0.496 e. The third kappa shape index (κ3) is 3.65. The van der Waals surface area contributed by atoms with Crippen molar-refractivity contribution in [2.45, 2.75) is 6.54 Å². The highest BCUT2D eigenvalue weighted by Crippen LogP contribution is 2.32. The summed E-state index contributed by atoms with van der Waals surface area (Å²) in [5.41, 5.74) is 5.83. The summed E-state index contributed by atoms with van der Waals surface area (Å²) in [5, 5.41) is 16.3. The number of aromatic nitrogens is 1. The van der Waals surface area contributed by atoms with Crippen molar-refractivity contribution >= 4 is 11.9 Å². The lowest BCUT2D eigenvalue weighted by Crippen LogP contribution is -2.19. The molecule has 0 saturated carbocycles. The molecule has 0 fully saturated rings. The fraction of sp³-hybridized carbons (Fsp3) is 0.100.